The Kier molecular flexibility index (Phi) is 4.29. The highest BCUT2D eigenvalue weighted by molar-refractivity contribution is 6.01. The van der Waals surface area contributed by atoms with Crippen molar-refractivity contribution in [1.82, 2.24) is 9.88 Å². The van der Waals surface area contributed by atoms with Crippen molar-refractivity contribution in [1.29, 1.82) is 0 Å². The van der Waals surface area contributed by atoms with Gasteiger partial charge in [-0.2, -0.15) is 0 Å². The fourth-order valence-electron chi connectivity index (χ4n) is 2.24. The molecule has 0 atom stereocenters. The van der Waals surface area contributed by atoms with E-state index in [-0.39, 0.29) is 5.75 Å². The number of phenols is 1. The minimum atomic E-state index is 0.249. The third-order valence-corrected chi connectivity index (χ3v) is 3.74. The average molecular weight is 275 g/mol. The van der Waals surface area contributed by atoms with Crippen LogP contribution in [0, 0.1) is 0 Å². The number of nitrogens with one attached hydrogen (secondary N) is 1. The van der Waals surface area contributed by atoms with Crippen LogP contribution in [0.2, 0.25) is 0 Å². The van der Waals surface area contributed by atoms with Crippen molar-refractivity contribution in [2.75, 3.05) is 13.6 Å². The van der Waals surface area contributed by atoms with E-state index in [4.69, 9.17) is 5.21 Å². The topological polar surface area (TPSA) is 71.9 Å². The summed E-state index contributed by atoms with van der Waals surface area (Å²) in [5, 5.41) is 22.6. The van der Waals surface area contributed by atoms with Gasteiger partial charge in [-0.05, 0) is 45.0 Å². The molecule has 0 radical (unpaired) electrons. The zero-order valence-electron chi connectivity index (χ0n) is 12.1. The lowest BCUT2D eigenvalue weighted by atomic mass is 10.1. The number of nitrogens with zero attached hydrogens (tertiary/aromatic N) is 2. The first-order valence-electron chi connectivity index (χ1n) is 6.74. The third-order valence-electron chi connectivity index (χ3n) is 3.74. The standard InChI is InChI=1S/C15H21N3O2/c1-10(2)18(3)7-6-11-8-16-15-12(9-17-20)4-5-13(19)14(11)15/h4-5,8-10,16,19-20H,6-7H2,1-3H3/b17-9-. The van der Waals surface area contributed by atoms with Crippen LogP contribution in [-0.4, -0.2) is 46.0 Å². The van der Waals surface area contributed by atoms with Gasteiger partial charge in [0.1, 0.15) is 5.75 Å². The Balaban J connectivity index is 2.33. The molecule has 0 aliphatic carbocycles. The van der Waals surface area contributed by atoms with E-state index >= 15 is 0 Å². The van der Waals surface area contributed by atoms with Crippen LogP contribution in [0.5, 0.6) is 5.75 Å². The quantitative estimate of drug-likeness (QED) is 0.446. The molecule has 5 nitrogen and oxygen atoms in total. The highest BCUT2D eigenvalue weighted by Crippen LogP contribution is 2.30. The van der Waals surface area contributed by atoms with Crippen molar-refractivity contribution in [2.45, 2.75) is 26.3 Å². The minimum Gasteiger partial charge on any atom is -0.507 e. The smallest absolute Gasteiger partial charge is 0.125 e. The van der Waals surface area contributed by atoms with Gasteiger partial charge in [-0.3, -0.25) is 0 Å². The minimum absolute atomic E-state index is 0.249. The van der Waals surface area contributed by atoms with Gasteiger partial charge in [0, 0.05) is 29.7 Å². The van der Waals surface area contributed by atoms with E-state index in [0.29, 0.717) is 6.04 Å². The molecule has 0 aliphatic rings. The van der Waals surface area contributed by atoms with Gasteiger partial charge in [0.2, 0.25) is 0 Å². The first-order valence-corrected chi connectivity index (χ1v) is 6.74. The van der Waals surface area contributed by atoms with Crippen LogP contribution in [0.1, 0.15) is 25.0 Å². The zero-order valence-corrected chi connectivity index (χ0v) is 12.1. The van der Waals surface area contributed by atoms with Crippen LogP contribution in [0.25, 0.3) is 10.9 Å². The second-order valence-electron chi connectivity index (χ2n) is 5.31. The summed E-state index contributed by atoms with van der Waals surface area (Å²) in [5.41, 5.74) is 2.62. The lowest BCUT2D eigenvalue weighted by molar-refractivity contribution is 0.278. The van der Waals surface area contributed by atoms with E-state index in [1.54, 1.807) is 12.1 Å². The van der Waals surface area contributed by atoms with Crippen molar-refractivity contribution >= 4 is 17.1 Å². The van der Waals surface area contributed by atoms with Crippen molar-refractivity contribution in [3.05, 3.63) is 29.5 Å². The summed E-state index contributed by atoms with van der Waals surface area (Å²) in [6.07, 6.45) is 4.12. The monoisotopic (exact) mass is 275 g/mol. The number of aromatic hydroxyl groups is 1. The average Bonchev–Trinajstić information content (AvgIpc) is 2.84. The first-order chi connectivity index (χ1) is 9.54. The predicted molar refractivity (Wildman–Crippen MR) is 80.8 cm³/mol. The number of likely N-dealkylation sites (N-methyl/N-ethyl adjacent to an activating group) is 1. The van der Waals surface area contributed by atoms with Gasteiger partial charge < -0.3 is 20.2 Å². The summed E-state index contributed by atoms with van der Waals surface area (Å²) in [7, 11) is 2.09. The second-order valence-corrected chi connectivity index (χ2v) is 5.31. The number of fused-ring (bicyclic) bond motifs is 1. The van der Waals surface area contributed by atoms with Gasteiger partial charge in [-0.1, -0.05) is 5.16 Å². The van der Waals surface area contributed by atoms with Gasteiger partial charge >= 0.3 is 0 Å². The van der Waals surface area contributed by atoms with Gasteiger partial charge in [-0.15, -0.1) is 0 Å². The number of aromatic amines is 1. The first kappa shape index (κ1) is 14.4. The predicted octanol–water partition coefficient (Wildman–Crippen LogP) is 2.56. The number of phenolic OH excluding ortho intramolecular Hbond substituents is 1. The Bertz CT molecular complexity index is 617. The van der Waals surface area contributed by atoms with E-state index in [0.717, 1.165) is 35.0 Å². The number of rotatable bonds is 5. The fourth-order valence-corrected chi connectivity index (χ4v) is 2.24. The Hall–Kier alpha value is -2.01. The molecule has 0 fully saturated rings. The molecule has 5 heteroatoms. The molecule has 1 heterocycles. The molecule has 0 unspecified atom stereocenters. The van der Waals surface area contributed by atoms with Crippen LogP contribution in [-0.2, 0) is 6.42 Å². The van der Waals surface area contributed by atoms with Crippen molar-refractivity contribution in [3.63, 3.8) is 0 Å². The van der Waals surface area contributed by atoms with E-state index in [9.17, 15) is 5.11 Å². The number of hydrogen-bond donors (Lipinski definition) is 3. The Morgan fingerprint density at radius 1 is 1.40 bits per heavy atom. The molecule has 0 bridgehead atoms. The summed E-state index contributed by atoms with van der Waals surface area (Å²) in [4.78, 5) is 5.41. The molecule has 0 saturated carbocycles. The number of benzene rings is 1. The van der Waals surface area contributed by atoms with E-state index in [2.05, 4.69) is 35.9 Å². The molecule has 0 amide bonds. The number of oxime groups is 1. The van der Waals surface area contributed by atoms with Gasteiger partial charge in [-0.25, -0.2) is 0 Å². The van der Waals surface area contributed by atoms with Crippen molar-refractivity contribution in [3.8, 4) is 5.75 Å². The molecule has 0 aliphatic heterocycles. The largest absolute Gasteiger partial charge is 0.507 e. The molecule has 0 saturated heterocycles. The molecule has 108 valence electrons. The summed E-state index contributed by atoms with van der Waals surface area (Å²) >= 11 is 0. The van der Waals surface area contributed by atoms with Crippen LogP contribution >= 0.6 is 0 Å². The highest BCUT2D eigenvalue weighted by atomic mass is 16.4. The summed E-state index contributed by atoms with van der Waals surface area (Å²) < 4.78 is 0. The van der Waals surface area contributed by atoms with Crippen molar-refractivity contribution in [2.24, 2.45) is 5.16 Å². The van der Waals surface area contributed by atoms with Gasteiger partial charge in [0.25, 0.3) is 0 Å². The van der Waals surface area contributed by atoms with E-state index in [1.807, 2.05) is 6.20 Å². The SMILES string of the molecule is CC(C)N(C)CCc1c[nH]c2c(/C=N\O)ccc(O)c12. The van der Waals surface area contributed by atoms with E-state index < -0.39 is 0 Å². The normalized spacial score (nSPS) is 12.2. The molecular weight excluding hydrogens is 254 g/mol. The Morgan fingerprint density at radius 3 is 2.80 bits per heavy atom. The molecule has 20 heavy (non-hydrogen) atoms. The highest BCUT2D eigenvalue weighted by Gasteiger charge is 2.12. The molecular formula is C15H21N3O2. The molecule has 2 rings (SSSR count). The summed E-state index contributed by atoms with van der Waals surface area (Å²) in [5.74, 6) is 0.249. The van der Waals surface area contributed by atoms with Crippen LogP contribution in [0.3, 0.4) is 0 Å². The maximum absolute atomic E-state index is 10.1. The molecule has 3 N–H and O–H groups in total. The van der Waals surface area contributed by atoms with Gasteiger partial charge in [0.05, 0.1) is 11.7 Å². The fraction of sp³-hybridized carbons (Fsp3) is 0.400. The maximum atomic E-state index is 10.1. The van der Waals surface area contributed by atoms with Crippen molar-refractivity contribution < 1.29 is 10.3 Å². The molecule has 0 spiro atoms. The van der Waals surface area contributed by atoms with Crippen LogP contribution < -0.4 is 0 Å². The summed E-state index contributed by atoms with van der Waals surface area (Å²) in [6, 6.07) is 3.84. The van der Waals surface area contributed by atoms with Gasteiger partial charge in [0.15, 0.2) is 0 Å². The lowest BCUT2D eigenvalue weighted by Gasteiger charge is -2.20. The lowest BCUT2D eigenvalue weighted by Crippen LogP contribution is -2.28. The number of H-pyrrole nitrogens is 1. The molecule has 2 aromatic rings. The third kappa shape index (κ3) is 2.77. The zero-order chi connectivity index (χ0) is 14.7. The summed E-state index contributed by atoms with van der Waals surface area (Å²) in [6.45, 7) is 5.23. The second kappa shape index (κ2) is 5.96. The Labute approximate surface area is 118 Å². The maximum Gasteiger partial charge on any atom is 0.125 e. The van der Waals surface area contributed by atoms with Crippen LogP contribution in [0.15, 0.2) is 23.5 Å². The van der Waals surface area contributed by atoms with Crippen LogP contribution in [0.4, 0.5) is 0 Å². The number of aromatic nitrogens is 1. The molecule has 1 aromatic heterocycles. The molecule has 1 aromatic carbocycles. The Morgan fingerprint density at radius 2 is 2.15 bits per heavy atom. The van der Waals surface area contributed by atoms with E-state index in [1.165, 1.54) is 6.21 Å². The number of hydrogen-bond acceptors (Lipinski definition) is 4.